The Labute approximate surface area is 93.7 Å². The number of carbonyl (C=O) groups excluding carboxylic acids is 1. The number of rotatable bonds is 3. The van der Waals surface area contributed by atoms with E-state index in [2.05, 4.69) is 4.74 Å². The van der Waals surface area contributed by atoms with Crippen molar-refractivity contribution in [3.63, 3.8) is 0 Å². The highest BCUT2D eigenvalue weighted by Gasteiger charge is 2.33. The Hall–Kier alpha value is -1.43. The molecule has 16 heavy (non-hydrogen) atoms. The molecule has 1 rings (SSSR count). The predicted molar refractivity (Wildman–Crippen MR) is 49.9 cm³/mol. The highest BCUT2D eigenvalue weighted by atomic mass is 35.5. The normalized spacial score (nSPS) is 11.1. The van der Waals surface area contributed by atoms with Crippen LogP contribution in [0.4, 0.5) is 13.2 Å². The van der Waals surface area contributed by atoms with Crippen LogP contribution in [-0.4, -0.2) is 18.7 Å². The molecule has 0 saturated carbocycles. The van der Waals surface area contributed by atoms with Gasteiger partial charge in [-0.1, -0.05) is 0 Å². The van der Waals surface area contributed by atoms with Crippen molar-refractivity contribution in [1.29, 1.82) is 0 Å². The summed E-state index contributed by atoms with van der Waals surface area (Å²) in [6.45, 7) is 0. The number of alkyl halides is 3. The van der Waals surface area contributed by atoms with E-state index in [1.54, 1.807) is 0 Å². The van der Waals surface area contributed by atoms with Gasteiger partial charge >= 0.3 is 6.36 Å². The van der Waals surface area contributed by atoms with Gasteiger partial charge in [-0.05, 0) is 23.7 Å². The van der Waals surface area contributed by atoms with E-state index in [1.807, 2.05) is 0 Å². The molecule has 1 aromatic carbocycles. The maximum absolute atomic E-state index is 12.0. The van der Waals surface area contributed by atoms with Crippen LogP contribution in [0.15, 0.2) is 18.2 Å². The summed E-state index contributed by atoms with van der Waals surface area (Å²) in [4.78, 5) is 10.8. The summed E-state index contributed by atoms with van der Waals surface area (Å²) in [6.07, 6.45) is -4.90. The second kappa shape index (κ2) is 4.61. The first kappa shape index (κ1) is 12.6. The van der Waals surface area contributed by atoms with Crippen molar-refractivity contribution < 1.29 is 27.4 Å². The van der Waals surface area contributed by atoms with Gasteiger partial charge in [0.05, 0.1) is 12.7 Å². The molecule has 0 atom stereocenters. The van der Waals surface area contributed by atoms with Gasteiger partial charge in [-0.2, -0.15) is 0 Å². The number of benzene rings is 1. The average molecular weight is 255 g/mol. The van der Waals surface area contributed by atoms with Crippen molar-refractivity contribution in [2.75, 3.05) is 7.11 Å². The number of hydrogen-bond acceptors (Lipinski definition) is 3. The average Bonchev–Trinajstić information content (AvgIpc) is 2.14. The first-order valence-electron chi connectivity index (χ1n) is 3.97. The number of hydrogen-bond donors (Lipinski definition) is 0. The molecular weight excluding hydrogens is 249 g/mol. The molecule has 0 aliphatic carbocycles. The number of halogens is 4. The molecule has 0 N–H and O–H groups in total. The van der Waals surface area contributed by atoms with Crippen LogP contribution in [0.25, 0.3) is 0 Å². The van der Waals surface area contributed by atoms with Gasteiger partial charge in [0.15, 0.2) is 0 Å². The Balaban J connectivity index is 3.15. The Morgan fingerprint density at radius 2 is 2.00 bits per heavy atom. The lowest BCUT2D eigenvalue weighted by atomic mass is 10.2. The summed E-state index contributed by atoms with van der Waals surface area (Å²) < 4.78 is 44.4. The lowest BCUT2D eigenvalue weighted by Gasteiger charge is -2.12. The van der Waals surface area contributed by atoms with Gasteiger partial charge in [0.2, 0.25) is 0 Å². The minimum Gasteiger partial charge on any atom is -0.497 e. The molecular formula is C9H6ClF3O3. The topological polar surface area (TPSA) is 35.5 Å². The minimum atomic E-state index is -4.90. The smallest absolute Gasteiger partial charge is 0.497 e. The zero-order valence-corrected chi connectivity index (χ0v) is 8.72. The van der Waals surface area contributed by atoms with Gasteiger partial charge in [0, 0.05) is 6.07 Å². The fourth-order valence-electron chi connectivity index (χ4n) is 1.00. The third-order valence-electron chi connectivity index (χ3n) is 1.63. The molecule has 0 amide bonds. The molecule has 0 unspecified atom stereocenters. The monoisotopic (exact) mass is 254 g/mol. The van der Waals surface area contributed by atoms with E-state index in [0.29, 0.717) is 0 Å². The number of methoxy groups -OCH3 is 1. The van der Waals surface area contributed by atoms with Crippen LogP contribution in [-0.2, 0) is 0 Å². The molecule has 88 valence electrons. The summed E-state index contributed by atoms with van der Waals surface area (Å²) >= 11 is 5.11. The molecule has 7 heteroatoms. The highest BCUT2D eigenvalue weighted by molar-refractivity contribution is 6.68. The van der Waals surface area contributed by atoms with Gasteiger partial charge < -0.3 is 9.47 Å². The summed E-state index contributed by atoms with van der Waals surface area (Å²) in [7, 11) is 1.27. The maximum atomic E-state index is 12.0. The van der Waals surface area contributed by atoms with Gasteiger partial charge in [0.1, 0.15) is 11.5 Å². The van der Waals surface area contributed by atoms with Crippen LogP contribution >= 0.6 is 11.6 Å². The standard InChI is InChI=1S/C9H6ClF3O3/c1-15-5-2-3-6(8(10)14)7(4-5)16-9(11,12)13/h2-4H,1H3. The lowest BCUT2D eigenvalue weighted by molar-refractivity contribution is -0.274. The molecule has 0 aliphatic rings. The van der Waals surface area contributed by atoms with Crippen LogP contribution in [0.1, 0.15) is 10.4 Å². The first-order valence-corrected chi connectivity index (χ1v) is 4.35. The Kier molecular flexibility index (Phi) is 3.64. The van der Waals surface area contributed by atoms with E-state index in [9.17, 15) is 18.0 Å². The summed E-state index contributed by atoms with van der Waals surface area (Å²) in [5.41, 5.74) is -0.375. The minimum absolute atomic E-state index is 0.126. The van der Waals surface area contributed by atoms with Gasteiger partial charge in [-0.25, -0.2) is 0 Å². The third kappa shape index (κ3) is 3.30. The van der Waals surface area contributed by atoms with Crippen molar-refractivity contribution in [2.45, 2.75) is 6.36 Å². The molecule has 3 nitrogen and oxygen atoms in total. The molecule has 1 aromatic rings. The molecule has 0 radical (unpaired) electrons. The quantitative estimate of drug-likeness (QED) is 0.778. The molecule has 0 spiro atoms. The van der Waals surface area contributed by atoms with E-state index in [0.717, 1.165) is 12.1 Å². The Morgan fingerprint density at radius 1 is 1.38 bits per heavy atom. The van der Waals surface area contributed by atoms with Crippen LogP contribution in [0, 0.1) is 0 Å². The number of ether oxygens (including phenoxy) is 2. The van der Waals surface area contributed by atoms with Crippen molar-refractivity contribution in [3.05, 3.63) is 23.8 Å². The van der Waals surface area contributed by atoms with Gasteiger partial charge in [0.25, 0.3) is 5.24 Å². The Morgan fingerprint density at radius 3 is 2.44 bits per heavy atom. The highest BCUT2D eigenvalue weighted by Crippen LogP contribution is 2.30. The van der Waals surface area contributed by atoms with E-state index < -0.39 is 17.4 Å². The largest absolute Gasteiger partial charge is 0.573 e. The van der Waals surface area contributed by atoms with Gasteiger partial charge in [-0.15, -0.1) is 13.2 Å². The fourth-order valence-corrected chi connectivity index (χ4v) is 1.16. The summed E-state index contributed by atoms with van der Waals surface area (Å²) in [6, 6.07) is 3.33. The van der Waals surface area contributed by atoms with Crippen LogP contribution in [0.2, 0.25) is 0 Å². The summed E-state index contributed by atoms with van der Waals surface area (Å²) in [5.74, 6) is -0.562. The predicted octanol–water partition coefficient (Wildman–Crippen LogP) is 2.97. The van der Waals surface area contributed by atoms with Crippen molar-refractivity contribution in [1.82, 2.24) is 0 Å². The van der Waals surface area contributed by atoms with Crippen LogP contribution < -0.4 is 9.47 Å². The van der Waals surface area contributed by atoms with E-state index in [4.69, 9.17) is 16.3 Å². The number of carbonyl (C=O) groups is 1. The second-order valence-electron chi connectivity index (χ2n) is 2.68. The molecule has 0 aliphatic heterocycles. The van der Waals surface area contributed by atoms with Crippen LogP contribution in [0.5, 0.6) is 11.5 Å². The van der Waals surface area contributed by atoms with Crippen molar-refractivity contribution >= 4 is 16.8 Å². The van der Waals surface area contributed by atoms with Gasteiger partial charge in [-0.3, -0.25) is 4.79 Å². The third-order valence-corrected chi connectivity index (χ3v) is 1.83. The van der Waals surface area contributed by atoms with Crippen molar-refractivity contribution in [3.8, 4) is 11.5 Å². The molecule has 0 heterocycles. The molecule has 0 fully saturated rings. The first-order chi connectivity index (χ1) is 7.33. The van der Waals surface area contributed by atoms with Crippen LogP contribution in [0.3, 0.4) is 0 Å². The maximum Gasteiger partial charge on any atom is 0.573 e. The van der Waals surface area contributed by atoms with Crippen molar-refractivity contribution in [2.24, 2.45) is 0 Å². The zero-order chi connectivity index (χ0) is 12.3. The van der Waals surface area contributed by atoms with E-state index in [1.165, 1.54) is 13.2 Å². The zero-order valence-electron chi connectivity index (χ0n) is 7.97. The van der Waals surface area contributed by atoms with E-state index in [-0.39, 0.29) is 11.3 Å². The lowest BCUT2D eigenvalue weighted by Crippen LogP contribution is -2.18. The molecule has 0 aromatic heterocycles. The fraction of sp³-hybridized carbons (Fsp3) is 0.222. The summed E-state index contributed by atoms with van der Waals surface area (Å²) in [5, 5.41) is -1.04. The SMILES string of the molecule is COc1ccc(C(=O)Cl)c(OC(F)(F)F)c1. The molecule has 0 saturated heterocycles. The van der Waals surface area contributed by atoms with E-state index >= 15 is 0 Å². The molecule has 0 bridgehead atoms. The second-order valence-corrected chi connectivity index (χ2v) is 3.03. The Bertz CT molecular complexity index is 403.